The second kappa shape index (κ2) is 7.50. The molecule has 6 nitrogen and oxygen atoms in total. The smallest absolute Gasteiger partial charge is 0.225 e. The minimum Gasteiger partial charge on any atom is -0.395 e. The van der Waals surface area contributed by atoms with E-state index in [0.29, 0.717) is 12.5 Å². The van der Waals surface area contributed by atoms with Crippen LogP contribution in [-0.2, 0) is 11.3 Å². The van der Waals surface area contributed by atoms with Crippen LogP contribution in [0.1, 0.15) is 42.7 Å². The molecule has 1 amide bonds. The Labute approximate surface area is 171 Å². The molecule has 1 aromatic carbocycles. The molecule has 1 spiro atoms. The Morgan fingerprint density at radius 3 is 2.45 bits per heavy atom. The van der Waals surface area contributed by atoms with Crippen LogP contribution in [0, 0.1) is 5.92 Å². The van der Waals surface area contributed by atoms with Crippen molar-refractivity contribution in [3.05, 3.63) is 60.2 Å². The third-order valence-electron chi connectivity index (χ3n) is 7.19. The molecule has 1 saturated carbocycles. The Morgan fingerprint density at radius 1 is 1.10 bits per heavy atom. The summed E-state index contributed by atoms with van der Waals surface area (Å²) in [4.78, 5) is 25.7. The van der Waals surface area contributed by atoms with Crippen LogP contribution in [0.15, 0.2) is 49.1 Å². The van der Waals surface area contributed by atoms with Crippen LogP contribution in [0.4, 0.5) is 0 Å². The topological polar surface area (TPSA) is 69.6 Å². The van der Waals surface area contributed by atoms with Gasteiger partial charge in [0.05, 0.1) is 12.1 Å². The van der Waals surface area contributed by atoms with Crippen molar-refractivity contribution in [1.82, 2.24) is 19.8 Å². The SMILES string of the molecule is O=C(C1CCCC1)N1CC2(C1)[C@H](c1ccccc1)[C@@H](CO)N2Cc1cncnc1. The number of aromatic nitrogens is 2. The van der Waals surface area contributed by atoms with E-state index in [1.54, 1.807) is 0 Å². The molecule has 2 atom stereocenters. The normalized spacial score (nSPS) is 26.3. The molecular weight excluding hydrogens is 364 g/mol. The highest BCUT2D eigenvalue weighted by molar-refractivity contribution is 5.80. The molecule has 3 heterocycles. The van der Waals surface area contributed by atoms with Crippen LogP contribution in [0.3, 0.4) is 0 Å². The number of benzene rings is 1. The molecule has 5 rings (SSSR count). The van der Waals surface area contributed by atoms with Gasteiger partial charge in [0, 0.05) is 55.5 Å². The van der Waals surface area contributed by atoms with Crippen LogP contribution < -0.4 is 0 Å². The number of hydrogen-bond acceptors (Lipinski definition) is 5. The van der Waals surface area contributed by atoms with Gasteiger partial charge < -0.3 is 10.0 Å². The molecule has 1 aliphatic carbocycles. The molecule has 29 heavy (non-hydrogen) atoms. The van der Waals surface area contributed by atoms with Crippen molar-refractivity contribution in [3.8, 4) is 0 Å². The van der Waals surface area contributed by atoms with E-state index in [1.165, 1.54) is 24.7 Å². The zero-order valence-corrected chi connectivity index (χ0v) is 16.7. The predicted octanol–water partition coefficient (Wildman–Crippen LogP) is 2.21. The molecule has 0 unspecified atom stereocenters. The van der Waals surface area contributed by atoms with Gasteiger partial charge in [-0.2, -0.15) is 0 Å². The van der Waals surface area contributed by atoms with Crippen LogP contribution in [0.2, 0.25) is 0 Å². The highest BCUT2D eigenvalue weighted by atomic mass is 16.3. The van der Waals surface area contributed by atoms with E-state index >= 15 is 0 Å². The van der Waals surface area contributed by atoms with Gasteiger partial charge in [0.15, 0.2) is 0 Å². The first kappa shape index (κ1) is 18.7. The lowest BCUT2D eigenvalue weighted by atomic mass is 9.60. The maximum atomic E-state index is 13.0. The maximum Gasteiger partial charge on any atom is 0.225 e. The van der Waals surface area contributed by atoms with Crippen molar-refractivity contribution in [3.63, 3.8) is 0 Å². The van der Waals surface area contributed by atoms with Crippen molar-refractivity contribution in [2.75, 3.05) is 19.7 Å². The number of rotatable bonds is 5. The fourth-order valence-electron chi connectivity index (χ4n) is 5.82. The van der Waals surface area contributed by atoms with Crippen molar-refractivity contribution >= 4 is 5.91 Å². The van der Waals surface area contributed by atoms with Crippen LogP contribution in [-0.4, -0.2) is 62.1 Å². The fourth-order valence-corrected chi connectivity index (χ4v) is 5.82. The number of amides is 1. The Bertz CT molecular complexity index is 848. The van der Waals surface area contributed by atoms with E-state index in [2.05, 4.69) is 39.1 Å². The number of hydrogen-bond donors (Lipinski definition) is 1. The number of carbonyl (C=O) groups is 1. The van der Waals surface area contributed by atoms with Gasteiger partial charge in [0.1, 0.15) is 6.33 Å². The Kier molecular flexibility index (Phi) is 4.84. The van der Waals surface area contributed by atoms with E-state index in [-0.39, 0.29) is 30.0 Å². The average Bonchev–Trinajstić information content (AvgIpc) is 3.26. The minimum atomic E-state index is -0.112. The molecule has 3 aliphatic rings. The molecule has 3 fully saturated rings. The van der Waals surface area contributed by atoms with Crippen LogP contribution in [0.25, 0.3) is 0 Å². The Hall–Kier alpha value is -2.31. The first-order valence-electron chi connectivity index (χ1n) is 10.7. The monoisotopic (exact) mass is 392 g/mol. The lowest BCUT2D eigenvalue weighted by Gasteiger charge is -2.71. The summed E-state index contributed by atoms with van der Waals surface area (Å²) in [5.41, 5.74) is 2.18. The second-order valence-electron chi connectivity index (χ2n) is 8.79. The van der Waals surface area contributed by atoms with Crippen molar-refractivity contribution in [1.29, 1.82) is 0 Å². The number of nitrogens with zero attached hydrogens (tertiary/aromatic N) is 4. The fraction of sp³-hybridized carbons (Fsp3) is 0.522. The molecule has 2 saturated heterocycles. The standard InChI is InChI=1S/C23H28N4O2/c28-13-20-21(18-6-2-1-3-7-18)23(27(20)12-17-10-24-16-25-11-17)14-26(15-23)22(29)19-8-4-5-9-19/h1-3,6-7,10-11,16,19-21,28H,4-5,8-9,12-15H2/t20-,21-/m1/s1. The van der Waals surface area contributed by atoms with Gasteiger partial charge in [0.2, 0.25) is 5.91 Å². The lowest BCUT2D eigenvalue weighted by Crippen LogP contribution is -2.84. The lowest BCUT2D eigenvalue weighted by molar-refractivity contribution is -0.202. The number of aliphatic hydroxyl groups excluding tert-OH is 1. The van der Waals surface area contributed by atoms with Crippen molar-refractivity contribution < 1.29 is 9.90 Å². The van der Waals surface area contributed by atoms with Gasteiger partial charge in [0.25, 0.3) is 0 Å². The van der Waals surface area contributed by atoms with E-state index in [0.717, 1.165) is 31.5 Å². The summed E-state index contributed by atoms with van der Waals surface area (Å²) in [7, 11) is 0. The number of carbonyl (C=O) groups excluding carboxylic acids is 1. The summed E-state index contributed by atoms with van der Waals surface area (Å²) >= 11 is 0. The average molecular weight is 393 g/mol. The van der Waals surface area contributed by atoms with Gasteiger partial charge in [-0.15, -0.1) is 0 Å². The summed E-state index contributed by atoms with van der Waals surface area (Å²) < 4.78 is 0. The zero-order chi connectivity index (χ0) is 19.8. The molecule has 152 valence electrons. The summed E-state index contributed by atoms with van der Waals surface area (Å²) in [5, 5.41) is 10.2. The maximum absolute atomic E-state index is 13.0. The molecule has 2 aliphatic heterocycles. The Balaban J connectivity index is 1.41. The molecule has 2 aromatic rings. The summed E-state index contributed by atoms with van der Waals surface area (Å²) in [5.74, 6) is 0.772. The van der Waals surface area contributed by atoms with Gasteiger partial charge in [-0.3, -0.25) is 9.69 Å². The van der Waals surface area contributed by atoms with Crippen molar-refractivity contribution in [2.45, 2.75) is 49.7 Å². The molecular formula is C23H28N4O2. The number of aliphatic hydroxyl groups is 1. The van der Waals surface area contributed by atoms with Gasteiger partial charge in [-0.25, -0.2) is 9.97 Å². The first-order chi connectivity index (χ1) is 14.2. The molecule has 0 bridgehead atoms. The largest absolute Gasteiger partial charge is 0.395 e. The molecule has 0 radical (unpaired) electrons. The van der Waals surface area contributed by atoms with Gasteiger partial charge in [-0.1, -0.05) is 43.2 Å². The highest BCUT2D eigenvalue weighted by Gasteiger charge is 2.66. The van der Waals surface area contributed by atoms with Crippen LogP contribution >= 0.6 is 0 Å². The molecule has 1 N–H and O–H groups in total. The van der Waals surface area contributed by atoms with Gasteiger partial charge in [-0.05, 0) is 18.4 Å². The van der Waals surface area contributed by atoms with Gasteiger partial charge >= 0.3 is 0 Å². The number of likely N-dealkylation sites (tertiary alicyclic amines) is 2. The van der Waals surface area contributed by atoms with E-state index < -0.39 is 0 Å². The van der Waals surface area contributed by atoms with Crippen LogP contribution in [0.5, 0.6) is 0 Å². The third-order valence-corrected chi connectivity index (χ3v) is 7.19. The van der Waals surface area contributed by atoms with Crippen molar-refractivity contribution in [2.24, 2.45) is 5.92 Å². The summed E-state index contributed by atoms with van der Waals surface area (Å²) in [6.45, 7) is 2.28. The summed E-state index contributed by atoms with van der Waals surface area (Å²) in [6.07, 6.45) is 9.64. The second-order valence-corrected chi connectivity index (χ2v) is 8.79. The predicted molar refractivity (Wildman–Crippen MR) is 109 cm³/mol. The van der Waals surface area contributed by atoms with E-state index in [9.17, 15) is 9.90 Å². The highest BCUT2D eigenvalue weighted by Crippen LogP contribution is 2.54. The summed E-state index contributed by atoms with van der Waals surface area (Å²) in [6, 6.07) is 10.5. The quantitative estimate of drug-likeness (QED) is 0.845. The first-order valence-corrected chi connectivity index (χ1v) is 10.7. The molecule has 6 heteroatoms. The minimum absolute atomic E-state index is 0.0429. The Morgan fingerprint density at radius 2 is 1.79 bits per heavy atom. The van der Waals surface area contributed by atoms with E-state index in [1.807, 2.05) is 23.4 Å². The third kappa shape index (κ3) is 3.06. The van der Waals surface area contributed by atoms with E-state index in [4.69, 9.17) is 0 Å². The molecule has 1 aromatic heterocycles. The zero-order valence-electron chi connectivity index (χ0n) is 16.7.